The van der Waals surface area contributed by atoms with E-state index in [4.69, 9.17) is 5.11 Å². The summed E-state index contributed by atoms with van der Waals surface area (Å²) in [4.78, 5) is 15.5. The molecular formula is C17H24N2O2. The number of carboxylic acid groups (broad SMARTS) is 1. The zero-order valence-electron chi connectivity index (χ0n) is 12.6. The van der Waals surface area contributed by atoms with Gasteiger partial charge in [0.2, 0.25) is 0 Å². The molecule has 114 valence electrons. The smallest absolute Gasteiger partial charge is 0.307 e. The van der Waals surface area contributed by atoms with E-state index in [0.29, 0.717) is 6.54 Å². The Labute approximate surface area is 126 Å². The first-order valence-corrected chi connectivity index (χ1v) is 7.54. The SMILES string of the molecule is CC(CN1CCN(C/C=C/c2ccccc2)CC1)C(=O)O. The van der Waals surface area contributed by atoms with E-state index >= 15 is 0 Å². The van der Waals surface area contributed by atoms with E-state index in [2.05, 4.69) is 34.1 Å². The van der Waals surface area contributed by atoms with Gasteiger partial charge in [-0.1, -0.05) is 49.4 Å². The molecule has 0 spiro atoms. The molecule has 1 atom stereocenters. The number of aliphatic carboxylic acids is 1. The predicted octanol–water partition coefficient (Wildman–Crippen LogP) is 2.04. The van der Waals surface area contributed by atoms with Crippen molar-refractivity contribution in [2.75, 3.05) is 39.3 Å². The van der Waals surface area contributed by atoms with Crippen molar-refractivity contribution in [2.24, 2.45) is 5.92 Å². The number of hydrogen-bond acceptors (Lipinski definition) is 3. The summed E-state index contributed by atoms with van der Waals surface area (Å²) in [5, 5.41) is 8.94. The lowest BCUT2D eigenvalue weighted by molar-refractivity contribution is -0.141. The molecule has 1 unspecified atom stereocenters. The molecule has 2 rings (SSSR count). The van der Waals surface area contributed by atoms with Crippen LogP contribution in [0.1, 0.15) is 12.5 Å². The van der Waals surface area contributed by atoms with Crippen molar-refractivity contribution in [3.05, 3.63) is 42.0 Å². The van der Waals surface area contributed by atoms with Gasteiger partial charge in [0, 0.05) is 39.3 Å². The summed E-state index contributed by atoms with van der Waals surface area (Å²) < 4.78 is 0. The topological polar surface area (TPSA) is 43.8 Å². The Morgan fingerprint density at radius 2 is 1.81 bits per heavy atom. The number of piperazine rings is 1. The van der Waals surface area contributed by atoms with Crippen molar-refractivity contribution in [1.29, 1.82) is 0 Å². The average Bonchev–Trinajstić information content (AvgIpc) is 2.50. The van der Waals surface area contributed by atoms with Crippen molar-refractivity contribution in [2.45, 2.75) is 6.92 Å². The zero-order chi connectivity index (χ0) is 15.1. The van der Waals surface area contributed by atoms with Crippen LogP contribution in [0.2, 0.25) is 0 Å². The maximum absolute atomic E-state index is 10.9. The molecule has 1 fully saturated rings. The first-order chi connectivity index (χ1) is 10.1. The molecule has 0 bridgehead atoms. The van der Waals surface area contributed by atoms with Gasteiger partial charge in [0.15, 0.2) is 0 Å². The van der Waals surface area contributed by atoms with Crippen molar-refractivity contribution >= 4 is 12.0 Å². The summed E-state index contributed by atoms with van der Waals surface area (Å²) in [5.74, 6) is -0.988. The standard InChI is InChI=1S/C17H24N2O2/c1-15(17(20)21)14-19-12-10-18(11-13-19)9-5-8-16-6-3-2-4-7-16/h2-8,15H,9-14H2,1H3,(H,20,21)/b8-5+. The molecule has 0 saturated carbocycles. The highest BCUT2D eigenvalue weighted by molar-refractivity contribution is 5.69. The van der Waals surface area contributed by atoms with Crippen molar-refractivity contribution in [1.82, 2.24) is 9.80 Å². The normalized spacial score (nSPS) is 18.9. The number of benzene rings is 1. The van der Waals surface area contributed by atoms with Gasteiger partial charge in [-0.3, -0.25) is 14.6 Å². The lowest BCUT2D eigenvalue weighted by Gasteiger charge is -2.34. The van der Waals surface area contributed by atoms with Crippen LogP contribution in [-0.2, 0) is 4.79 Å². The number of nitrogens with zero attached hydrogens (tertiary/aromatic N) is 2. The minimum Gasteiger partial charge on any atom is -0.481 e. The van der Waals surface area contributed by atoms with E-state index in [1.807, 2.05) is 18.2 Å². The highest BCUT2D eigenvalue weighted by Gasteiger charge is 2.20. The third-order valence-electron chi connectivity index (χ3n) is 3.89. The maximum atomic E-state index is 10.9. The van der Waals surface area contributed by atoms with Gasteiger partial charge in [0.05, 0.1) is 5.92 Å². The minimum absolute atomic E-state index is 0.283. The molecule has 1 aliphatic rings. The first kappa shape index (κ1) is 15.7. The first-order valence-electron chi connectivity index (χ1n) is 7.54. The van der Waals surface area contributed by atoms with Gasteiger partial charge in [-0.05, 0) is 5.56 Å². The Kier molecular flexibility index (Phi) is 5.96. The minimum atomic E-state index is -0.705. The van der Waals surface area contributed by atoms with Crippen LogP contribution in [0.5, 0.6) is 0 Å². The van der Waals surface area contributed by atoms with E-state index in [9.17, 15) is 4.79 Å². The second-order valence-electron chi connectivity index (χ2n) is 5.65. The fourth-order valence-electron chi connectivity index (χ4n) is 2.52. The summed E-state index contributed by atoms with van der Waals surface area (Å²) >= 11 is 0. The zero-order valence-corrected chi connectivity index (χ0v) is 12.6. The Hall–Kier alpha value is -1.65. The maximum Gasteiger partial charge on any atom is 0.307 e. The second kappa shape index (κ2) is 7.96. The summed E-state index contributed by atoms with van der Waals surface area (Å²) in [6, 6.07) is 10.3. The largest absolute Gasteiger partial charge is 0.481 e. The third-order valence-corrected chi connectivity index (χ3v) is 3.89. The highest BCUT2D eigenvalue weighted by atomic mass is 16.4. The molecule has 4 heteroatoms. The Bertz CT molecular complexity index is 465. The van der Waals surface area contributed by atoms with Crippen molar-refractivity contribution in [3.63, 3.8) is 0 Å². The molecule has 4 nitrogen and oxygen atoms in total. The van der Waals surface area contributed by atoms with Gasteiger partial charge in [-0.2, -0.15) is 0 Å². The molecule has 21 heavy (non-hydrogen) atoms. The molecule has 0 aromatic heterocycles. The average molecular weight is 288 g/mol. The van der Waals surface area contributed by atoms with E-state index in [0.717, 1.165) is 32.7 Å². The third kappa shape index (κ3) is 5.33. The monoisotopic (exact) mass is 288 g/mol. The number of hydrogen-bond donors (Lipinski definition) is 1. The van der Waals surface area contributed by atoms with Crippen LogP contribution in [0, 0.1) is 5.92 Å². The fraction of sp³-hybridized carbons (Fsp3) is 0.471. The van der Waals surface area contributed by atoms with Crippen LogP contribution in [-0.4, -0.2) is 60.1 Å². The van der Waals surface area contributed by atoms with Crippen LogP contribution < -0.4 is 0 Å². The Morgan fingerprint density at radius 1 is 1.19 bits per heavy atom. The molecule has 0 aliphatic carbocycles. The molecule has 1 N–H and O–H groups in total. The molecule has 1 saturated heterocycles. The number of carbonyl (C=O) groups is 1. The summed E-state index contributed by atoms with van der Waals surface area (Å²) in [6.07, 6.45) is 4.35. The lowest BCUT2D eigenvalue weighted by Crippen LogP contribution is -2.48. The summed E-state index contributed by atoms with van der Waals surface area (Å²) in [6.45, 7) is 7.31. The van der Waals surface area contributed by atoms with Crippen LogP contribution in [0.4, 0.5) is 0 Å². The van der Waals surface area contributed by atoms with Gasteiger partial charge in [-0.25, -0.2) is 0 Å². The number of carboxylic acids is 1. The molecule has 0 radical (unpaired) electrons. The summed E-state index contributed by atoms with van der Waals surface area (Å²) in [5.41, 5.74) is 1.23. The fourth-order valence-corrected chi connectivity index (χ4v) is 2.52. The Morgan fingerprint density at radius 3 is 2.43 bits per heavy atom. The molecule has 1 aliphatic heterocycles. The van der Waals surface area contributed by atoms with Crippen molar-refractivity contribution < 1.29 is 9.90 Å². The predicted molar refractivity (Wildman–Crippen MR) is 85.2 cm³/mol. The quantitative estimate of drug-likeness (QED) is 0.870. The van der Waals surface area contributed by atoms with E-state index in [-0.39, 0.29) is 5.92 Å². The Balaban J connectivity index is 1.70. The van der Waals surface area contributed by atoms with Gasteiger partial charge < -0.3 is 5.11 Å². The molecule has 0 amide bonds. The van der Waals surface area contributed by atoms with Gasteiger partial charge >= 0.3 is 5.97 Å². The van der Waals surface area contributed by atoms with Crippen LogP contribution in [0.3, 0.4) is 0 Å². The summed E-state index contributed by atoms with van der Waals surface area (Å²) in [7, 11) is 0. The van der Waals surface area contributed by atoms with E-state index < -0.39 is 5.97 Å². The van der Waals surface area contributed by atoms with Crippen LogP contribution >= 0.6 is 0 Å². The van der Waals surface area contributed by atoms with E-state index in [1.54, 1.807) is 6.92 Å². The van der Waals surface area contributed by atoms with Gasteiger partial charge in [0.25, 0.3) is 0 Å². The number of rotatable bonds is 6. The lowest BCUT2D eigenvalue weighted by atomic mass is 10.1. The van der Waals surface area contributed by atoms with Gasteiger partial charge in [-0.15, -0.1) is 0 Å². The second-order valence-corrected chi connectivity index (χ2v) is 5.65. The molecule has 1 heterocycles. The molecular weight excluding hydrogens is 264 g/mol. The van der Waals surface area contributed by atoms with Gasteiger partial charge in [0.1, 0.15) is 0 Å². The van der Waals surface area contributed by atoms with E-state index in [1.165, 1.54) is 5.56 Å². The van der Waals surface area contributed by atoms with Crippen LogP contribution in [0.15, 0.2) is 36.4 Å². The van der Waals surface area contributed by atoms with Crippen LogP contribution in [0.25, 0.3) is 6.08 Å². The molecule has 1 aromatic rings. The molecule has 1 aromatic carbocycles. The van der Waals surface area contributed by atoms with Crippen molar-refractivity contribution in [3.8, 4) is 0 Å². The highest BCUT2D eigenvalue weighted by Crippen LogP contribution is 2.07.